The number of anilines is 2. The summed E-state index contributed by atoms with van der Waals surface area (Å²) in [6, 6.07) is 14.4. The Labute approximate surface area is 118 Å². The van der Waals surface area contributed by atoms with Crippen molar-refractivity contribution in [2.45, 2.75) is 6.92 Å². The zero-order chi connectivity index (χ0) is 12.5. The van der Waals surface area contributed by atoms with Gasteiger partial charge < -0.3 is 5.32 Å². The fourth-order valence-electron chi connectivity index (χ4n) is 1.80. The summed E-state index contributed by atoms with van der Waals surface area (Å²) in [6.45, 7) is 2.08. The number of hydrogen-bond acceptors (Lipinski definition) is 3. The number of nitrogens with zero attached hydrogens (tertiary/aromatic N) is 1. The number of rotatable bonds is 2. The zero-order valence-electron chi connectivity index (χ0n) is 9.77. The Morgan fingerprint density at radius 1 is 1.17 bits per heavy atom. The molecule has 2 nitrogen and oxygen atoms in total. The highest BCUT2D eigenvalue weighted by molar-refractivity contribution is 9.10. The van der Waals surface area contributed by atoms with Crippen molar-refractivity contribution in [3.63, 3.8) is 0 Å². The smallest absolute Gasteiger partial charge is 0.188 e. The first-order valence-electron chi connectivity index (χ1n) is 5.60. The van der Waals surface area contributed by atoms with E-state index in [1.165, 1.54) is 10.3 Å². The van der Waals surface area contributed by atoms with Crippen LogP contribution in [0.4, 0.5) is 10.8 Å². The minimum Gasteiger partial charge on any atom is -0.332 e. The Kier molecular flexibility index (Phi) is 3.06. The van der Waals surface area contributed by atoms with Crippen molar-refractivity contribution in [3.05, 3.63) is 52.5 Å². The van der Waals surface area contributed by atoms with Crippen molar-refractivity contribution >= 4 is 48.3 Å². The summed E-state index contributed by atoms with van der Waals surface area (Å²) < 4.78 is 2.26. The number of aromatic nitrogens is 1. The molecule has 1 heterocycles. The lowest BCUT2D eigenvalue weighted by atomic mass is 10.2. The van der Waals surface area contributed by atoms with Crippen molar-refractivity contribution in [1.82, 2.24) is 4.98 Å². The van der Waals surface area contributed by atoms with E-state index in [9.17, 15) is 0 Å². The summed E-state index contributed by atoms with van der Waals surface area (Å²) in [5.74, 6) is 0. The molecule has 0 bridgehead atoms. The van der Waals surface area contributed by atoms with E-state index < -0.39 is 0 Å². The van der Waals surface area contributed by atoms with Gasteiger partial charge in [0, 0.05) is 10.2 Å². The Morgan fingerprint density at radius 2 is 2.06 bits per heavy atom. The maximum Gasteiger partial charge on any atom is 0.188 e. The molecule has 0 saturated heterocycles. The van der Waals surface area contributed by atoms with Gasteiger partial charge in [-0.25, -0.2) is 4.98 Å². The van der Waals surface area contributed by atoms with Gasteiger partial charge in [-0.15, -0.1) is 0 Å². The van der Waals surface area contributed by atoms with Crippen LogP contribution in [0.5, 0.6) is 0 Å². The van der Waals surface area contributed by atoms with Gasteiger partial charge in [-0.05, 0) is 42.8 Å². The summed E-state index contributed by atoms with van der Waals surface area (Å²) in [5, 5.41) is 4.27. The van der Waals surface area contributed by atoms with E-state index in [-0.39, 0.29) is 0 Å². The number of nitrogens with one attached hydrogen (secondary N) is 1. The van der Waals surface area contributed by atoms with E-state index in [0.29, 0.717) is 0 Å². The second-order valence-corrected chi connectivity index (χ2v) is 6.07. The summed E-state index contributed by atoms with van der Waals surface area (Å²) in [5.41, 5.74) is 3.34. The van der Waals surface area contributed by atoms with Gasteiger partial charge in [0.25, 0.3) is 0 Å². The van der Waals surface area contributed by atoms with Crippen molar-refractivity contribution in [1.29, 1.82) is 0 Å². The molecule has 0 aliphatic rings. The molecule has 90 valence electrons. The molecule has 3 aromatic rings. The average molecular weight is 319 g/mol. The molecule has 1 N–H and O–H groups in total. The predicted octanol–water partition coefficient (Wildman–Crippen LogP) is 5.11. The molecule has 0 atom stereocenters. The first-order chi connectivity index (χ1) is 8.70. The summed E-state index contributed by atoms with van der Waals surface area (Å²) in [6.07, 6.45) is 0. The Hall–Kier alpha value is -1.39. The number of fused-ring (bicyclic) bond motifs is 1. The molecule has 18 heavy (non-hydrogen) atoms. The lowest BCUT2D eigenvalue weighted by Gasteiger charge is -2.02. The van der Waals surface area contributed by atoms with Crippen LogP contribution >= 0.6 is 27.3 Å². The third-order valence-electron chi connectivity index (χ3n) is 2.62. The summed E-state index contributed by atoms with van der Waals surface area (Å²) in [7, 11) is 0. The first-order valence-corrected chi connectivity index (χ1v) is 7.21. The van der Waals surface area contributed by atoms with E-state index in [4.69, 9.17) is 0 Å². The van der Waals surface area contributed by atoms with Gasteiger partial charge in [-0.2, -0.15) is 0 Å². The van der Waals surface area contributed by atoms with Crippen LogP contribution in [0.3, 0.4) is 0 Å². The number of thiazole rings is 1. The van der Waals surface area contributed by atoms with Gasteiger partial charge in [0.15, 0.2) is 5.13 Å². The summed E-state index contributed by atoms with van der Waals surface area (Å²) >= 11 is 5.14. The SMILES string of the molecule is Cc1cccc(Nc2nc3ccc(Br)cc3s2)c1. The molecule has 0 saturated carbocycles. The van der Waals surface area contributed by atoms with E-state index in [1.807, 2.05) is 18.2 Å². The second-order valence-electron chi connectivity index (χ2n) is 4.13. The quantitative estimate of drug-likeness (QED) is 0.710. The summed E-state index contributed by atoms with van der Waals surface area (Å²) in [4.78, 5) is 4.57. The molecule has 0 spiro atoms. The van der Waals surface area contributed by atoms with E-state index >= 15 is 0 Å². The molecule has 0 fully saturated rings. The van der Waals surface area contributed by atoms with Crippen LogP contribution in [0.25, 0.3) is 10.2 Å². The van der Waals surface area contributed by atoms with Crippen molar-refractivity contribution < 1.29 is 0 Å². The third-order valence-corrected chi connectivity index (χ3v) is 4.05. The Balaban J connectivity index is 1.95. The van der Waals surface area contributed by atoms with E-state index in [1.54, 1.807) is 11.3 Å². The van der Waals surface area contributed by atoms with Crippen LogP contribution in [0.2, 0.25) is 0 Å². The molecule has 0 amide bonds. The number of halogens is 1. The standard InChI is InChI=1S/C14H11BrN2S/c1-9-3-2-4-11(7-9)16-14-17-12-6-5-10(15)8-13(12)18-14/h2-8H,1H3,(H,16,17). The van der Waals surface area contributed by atoms with Gasteiger partial charge >= 0.3 is 0 Å². The van der Waals surface area contributed by atoms with E-state index in [0.717, 1.165) is 20.8 Å². The van der Waals surface area contributed by atoms with Gasteiger partial charge in [0.2, 0.25) is 0 Å². The predicted molar refractivity (Wildman–Crippen MR) is 81.8 cm³/mol. The van der Waals surface area contributed by atoms with Crippen LogP contribution in [-0.4, -0.2) is 4.98 Å². The zero-order valence-corrected chi connectivity index (χ0v) is 12.2. The van der Waals surface area contributed by atoms with Crippen LogP contribution < -0.4 is 5.32 Å². The Morgan fingerprint density at radius 3 is 2.89 bits per heavy atom. The van der Waals surface area contributed by atoms with Crippen molar-refractivity contribution in [2.24, 2.45) is 0 Å². The maximum atomic E-state index is 4.57. The second kappa shape index (κ2) is 4.71. The van der Waals surface area contributed by atoms with Crippen molar-refractivity contribution in [3.8, 4) is 0 Å². The van der Waals surface area contributed by atoms with E-state index in [2.05, 4.69) is 57.4 Å². The highest BCUT2D eigenvalue weighted by Crippen LogP contribution is 2.30. The van der Waals surface area contributed by atoms with Gasteiger partial charge in [0.1, 0.15) is 0 Å². The van der Waals surface area contributed by atoms with Crippen molar-refractivity contribution in [2.75, 3.05) is 5.32 Å². The van der Waals surface area contributed by atoms with Crippen LogP contribution in [-0.2, 0) is 0 Å². The fourth-order valence-corrected chi connectivity index (χ4v) is 3.24. The third kappa shape index (κ3) is 2.40. The topological polar surface area (TPSA) is 24.9 Å². The highest BCUT2D eigenvalue weighted by Gasteiger charge is 2.04. The molecule has 4 heteroatoms. The maximum absolute atomic E-state index is 4.57. The molecule has 1 aromatic heterocycles. The number of benzene rings is 2. The normalized spacial score (nSPS) is 10.8. The van der Waals surface area contributed by atoms with Gasteiger partial charge in [-0.1, -0.05) is 39.4 Å². The molecule has 2 aromatic carbocycles. The minimum absolute atomic E-state index is 0.925. The first kappa shape index (κ1) is 11.7. The van der Waals surface area contributed by atoms with Gasteiger partial charge in [-0.3, -0.25) is 0 Å². The molecule has 0 aliphatic carbocycles. The van der Waals surface area contributed by atoms with Crippen LogP contribution in [0, 0.1) is 6.92 Å². The monoisotopic (exact) mass is 318 g/mol. The molecule has 3 rings (SSSR count). The minimum atomic E-state index is 0.925. The van der Waals surface area contributed by atoms with Crippen LogP contribution in [0.1, 0.15) is 5.56 Å². The lowest BCUT2D eigenvalue weighted by molar-refractivity contribution is 1.41. The lowest BCUT2D eigenvalue weighted by Crippen LogP contribution is -1.88. The molecule has 0 radical (unpaired) electrons. The largest absolute Gasteiger partial charge is 0.332 e. The molecular weight excluding hydrogens is 308 g/mol. The highest BCUT2D eigenvalue weighted by atomic mass is 79.9. The van der Waals surface area contributed by atoms with Crippen LogP contribution in [0.15, 0.2) is 46.9 Å². The average Bonchev–Trinajstić information content (AvgIpc) is 2.70. The number of hydrogen-bond donors (Lipinski definition) is 1. The van der Waals surface area contributed by atoms with Gasteiger partial charge in [0.05, 0.1) is 10.2 Å². The fraction of sp³-hybridized carbons (Fsp3) is 0.0714. The molecule has 0 aliphatic heterocycles. The Bertz CT molecular complexity index is 706. The molecule has 0 unspecified atom stereocenters. The molecular formula is C14H11BrN2S. The number of aryl methyl sites for hydroxylation is 1.